The molecule has 0 N–H and O–H groups in total. The van der Waals surface area contributed by atoms with Crippen molar-refractivity contribution in [2.75, 3.05) is 0 Å². The Morgan fingerprint density at radius 3 is 2.09 bits per heavy atom. The van der Waals surface area contributed by atoms with Crippen molar-refractivity contribution >= 4 is 10.0 Å². The second-order valence-corrected chi connectivity index (χ2v) is 8.31. The van der Waals surface area contributed by atoms with Crippen LogP contribution in [0.3, 0.4) is 0 Å². The molecular formula is C17H18N2O2S. The molecule has 2 bridgehead atoms. The highest BCUT2D eigenvalue weighted by Gasteiger charge is 2.46. The zero-order valence-electron chi connectivity index (χ0n) is 12.3. The number of nitriles is 1. The lowest BCUT2D eigenvalue weighted by molar-refractivity contribution is 0.284. The van der Waals surface area contributed by atoms with Gasteiger partial charge in [0.2, 0.25) is 10.0 Å². The first-order valence-corrected chi connectivity index (χ1v) is 9.27. The second-order valence-electron chi connectivity index (χ2n) is 6.47. The van der Waals surface area contributed by atoms with Gasteiger partial charge in [-0.1, -0.05) is 11.1 Å². The molecule has 2 unspecified atom stereocenters. The molecule has 2 saturated heterocycles. The lowest BCUT2D eigenvalue weighted by Gasteiger charge is -2.35. The number of allylic oxidation sites excluding steroid dienone is 1. The van der Waals surface area contributed by atoms with E-state index in [0.29, 0.717) is 10.5 Å². The minimum Gasteiger partial charge on any atom is -0.207 e. The van der Waals surface area contributed by atoms with Crippen LogP contribution in [0.4, 0.5) is 0 Å². The maximum absolute atomic E-state index is 13.0. The van der Waals surface area contributed by atoms with Crippen LogP contribution in [0.5, 0.6) is 0 Å². The predicted octanol–water partition coefficient (Wildman–Crippen LogP) is 2.96. The summed E-state index contributed by atoms with van der Waals surface area (Å²) in [5.41, 5.74) is 3.59. The number of fused-ring (bicyclic) bond motifs is 2. The van der Waals surface area contributed by atoms with Crippen LogP contribution in [0.2, 0.25) is 0 Å². The van der Waals surface area contributed by atoms with Crippen molar-refractivity contribution in [1.82, 2.24) is 4.31 Å². The van der Waals surface area contributed by atoms with Gasteiger partial charge in [-0.3, -0.25) is 0 Å². The van der Waals surface area contributed by atoms with Crippen molar-refractivity contribution in [1.29, 1.82) is 5.26 Å². The van der Waals surface area contributed by atoms with Crippen LogP contribution in [0, 0.1) is 11.3 Å². The fourth-order valence-corrected chi connectivity index (χ4v) is 5.76. The van der Waals surface area contributed by atoms with Gasteiger partial charge in [0, 0.05) is 12.1 Å². The van der Waals surface area contributed by atoms with Gasteiger partial charge in [0.15, 0.2) is 0 Å². The third kappa shape index (κ3) is 2.18. The van der Waals surface area contributed by atoms with E-state index in [4.69, 9.17) is 5.26 Å². The van der Waals surface area contributed by atoms with E-state index in [1.807, 2.05) is 6.07 Å². The fraction of sp³-hybridized carbons (Fsp3) is 0.471. The number of hydrogen-bond donors (Lipinski definition) is 0. The van der Waals surface area contributed by atoms with E-state index >= 15 is 0 Å². The number of nitrogens with zero attached hydrogens (tertiary/aromatic N) is 2. The van der Waals surface area contributed by atoms with Gasteiger partial charge < -0.3 is 0 Å². The zero-order valence-corrected chi connectivity index (χ0v) is 13.1. The molecule has 0 amide bonds. The summed E-state index contributed by atoms with van der Waals surface area (Å²) in [5, 5.41) is 8.85. The summed E-state index contributed by atoms with van der Waals surface area (Å²) < 4.78 is 27.7. The first-order valence-electron chi connectivity index (χ1n) is 7.83. The molecule has 1 saturated carbocycles. The van der Waals surface area contributed by atoms with Crippen molar-refractivity contribution in [3.63, 3.8) is 0 Å². The van der Waals surface area contributed by atoms with E-state index in [-0.39, 0.29) is 12.1 Å². The van der Waals surface area contributed by atoms with E-state index in [0.717, 1.165) is 25.7 Å². The molecule has 4 nitrogen and oxygen atoms in total. The molecule has 22 heavy (non-hydrogen) atoms. The molecule has 3 fully saturated rings. The quantitative estimate of drug-likeness (QED) is 0.788. The van der Waals surface area contributed by atoms with Crippen LogP contribution >= 0.6 is 0 Å². The van der Waals surface area contributed by atoms with Crippen LogP contribution in [-0.4, -0.2) is 24.8 Å². The molecule has 1 aliphatic carbocycles. The number of piperidine rings is 1. The molecule has 2 aliphatic heterocycles. The SMILES string of the molecule is N#Cc1ccc(S(=O)(=O)N2C3CCC2CC(=C2CC2)C3)cc1. The molecule has 0 spiro atoms. The molecular weight excluding hydrogens is 296 g/mol. The Balaban J connectivity index is 1.66. The highest BCUT2D eigenvalue weighted by molar-refractivity contribution is 7.89. The standard InChI is InChI=1S/C17H18N2O2S/c18-11-12-1-7-17(8-2-12)22(20,21)19-15-5-6-16(19)10-14(9-15)13-3-4-13/h1-2,7-8,15-16H,3-6,9-10H2. The lowest BCUT2D eigenvalue weighted by Crippen LogP contribution is -2.44. The summed E-state index contributed by atoms with van der Waals surface area (Å²) in [4.78, 5) is 0.311. The largest absolute Gasteiger partial charge is 0.243 e. The van der Waals surface area contributed by atoms with E-state index in [1.165, 1.54) is 18.4 Å². The number of benzene rings is 1. The molecule has 4 rings (SSSR count). The van der Waals surface area contributed by atoms with Crippen molar-refractivity contribution < 1.29 is 8.42 Å². The van der Waals surface area contributed by atoms with Crippen molar-refractivity contribution in [2.45, 2.75) is 55.5 Å². The predicted molar refractivity (Wildman–Crippen MR) is 82.5 cm³/mol. The van der Waals surface area contributed by atoms with E-state index in [9.17, 15) is 8.42 Å². The number of hydrogen-bond acceptors (Lipinski definition) is 3. The first kappa shape index (κ1) is 14.0. The number of sulfonamides is 1. The van der Waals surface area contributed by atoms with Crippen molar-refractivity contribution in [3.05, 3.63) is 41.0 Å². The summed E-state index contributed by atoms with van der Waals surface area (Å²) in [6.45, 7) is 0. The minimum atomic E-state index is -3.45. The minimum absolute atomic E-state index is 0.127. The second kappa shape index (κ2) is 4.94. The number of rotatable bonds is 2. The molecule has 5 heteroatoms. The van der Waals surface area contributed by atoms with Crippen molar-refractivity contribution in [2.24, 2.45) is 0 Å². The maximum atomic E-state index is 13.0. The van der Waals surface area contributed by atoms with E-state index < -0.39 is 10.0 Å². The van der Waals surface area contributed by atoms with Gasteiger partial charge in [0.25, 0.3) is 0 Å². The lowest BCUT2D eigenvalue weighted by atomic mass is 9.98. The zero-order chi connectivity index (χ0) is 15.3. The molecule has 1 aromatic carbocycles. The van der Waals surface area contributed by atoms with Crippen LogP contribution < -0.4 is 0 Å². The fourth-order valence-electron chi connectivity index (χ4n) is 3.89. The molecule has 2 heterocycles. The summed E-state index contributed by atoms with van der Waals surface area (Å²) in [6, 6.07) is 8.56. The molecule has 114 valence electrons. The Morgan fingerprint density at radius 2 is 1.59 bits per heavy atom. The molecule has 3 aliphatic rings. The van der Waals surface area contributed by atoms with Crippen molar-refractivity contribution in [3.8, 4) is 6.07 Å². The van der Waals surface area contributed by atoms with Crippen LogP contribution in [-0.2, 0) is 10.0 Å². The Morgan fingerprint density at radius 1 is 1.00 bits per heavy atom. The Kier molecular flexibility index (Phi) is 3.14. The maximum Gasteiger partial charge on any atom is 0.243 e. The Hall–Kier alpha value is -1.64. The first-order chi connectivity index (χ1) is 10.6. The van der Waals surface area contributed by atoms with Gasteiger partial charge in [0.05, 0.1) is 16.5 Å². The van der Waals surface area contributed by atoms with Gasteiger partial charge in [0.1, 0.15) is 0 Å². The Bertz CT molecular complexity index is 765. The average molecular weight is 314 g/mol. The molecule has 2 atom stereocenters. The Labute approximate surface area is 131 Å². The highest BCUT2D eigenvalue weighted by atomic mass is 32.2. The van der Waals surface area contributed by atoms with E-state index in [2.05, 4.69) is 0 Å². The molecule has 0 aromatic heterocycles. The summed E-state index contributed by atoms with van der Waals surface area (Å²) in [5.74, 6) is 0. The van der Waals surface area contributed by atoms with Gasteiger partial charge in [-0.15, -0.1) is 0 Å². The normalized spacial score (nSPS) is 27.8. The van der Waals surface area contributed by atoms with E-state index in [1.54, 1.807) is 34.1 Å². The topological polar surface area (TPSA) is 61.2 Å². The van der Waals surface area contributed by atoms with Gasteiger partial charge in [-0.2, -0.15) is 9.57 Å². The van der Waals surface area contributed by atoms with Gasteiger partial charge in [-0.05, 0) is 62.8 Å². The van der Waals surface area contributed by atoms with Crippen LogP contribution in [0.1, 0.15) is 44.1 Å². The van der Waals surface area contributed by atoms with Crippen LogP contribution in [0.25, 0.3) is 0 Å². The van der Waals surface area contributed by atoms with Gasteiger partial charge >= 0.3 is 0 Å². The smallest absolute Gasteiger partial charge is 0.207 e. The van der Waals surface area contributed by atoms with Gasteiger partial charge in [-0.25, -0.2) is 8.42 Å². The average Bonchev–Trinajstić information content (AvgIpc) is 3.33. The molecule has 0 radical (unpaired) electrons. The third-order valence-corrected chi connectivity index (χ3v) is 7.10. The summed E-state index contributed by atoms with van der Waals surface area (Å²) >= 11 is 0. The monoisotopic (exact) mass is 314 g/mol. The summed E-state index contributed by atoms with van der Waals surface area (Å²) in [7, 11) is -3.45. The van der Waals surface area contributed by atoms with Crippen LogP contribution in [0.15, 0.2) is 40.3 Å². The third-order valence-electron chi connectivity index (χ3n) is 5.08. The summed E-state index contributed by atoms with van der Waals surface area (Å²) in [6.07, 6.45) is 6.21. The highest BCUT2D eigenvalue weighted by Crippen LogP contribution is 2.46. The molecule has 1 aromatic rings.